The van der Waals surface area contributed by atoms with E-state index in [4.69, 9.17) is 16.3 Å². The molecule has 1 spiro atoms. The molecule has 2 saturated heterocycles. The van der Waals surface area contributed by atoms with E-state index >= 15 is 0 Å². The number of aromatic nitrogens is 2. The van der Waals surface area contributed by atoms with Crippen molar-refractivity contribution in [3.8, 4) is 5.75 Å². The number of halogens is 1. The van der Waals surface area contributed by atoms with Crippen LogP contribution in [0.3, 0.4) is 0 Å². The van der Waals surface area contributed by atoms with E-state index in [0.717, 1.165) is 37.6 Å². The normalized spacial score (nSPS) is 17.6. The van der Waals surface area contributed by atoms with E-state index in [9.17, 15) is 4.57 Å². The molecule has 0 amide bonds. The van der Waals surface area contributed by atoms with Crippen LogP contribution >= 0.6 is 18.7 Å². The first-order valence-corrected chi connectivity index (χ1v) is 14.9. The lowest BCUT2D eigenvalue weighted by atomic mass is 9.81. The first kappa shape index (κ1) is 26.3. The Hall–Kier alpha value is -2.80. The smallest absolute Gasteiger partial charge is 0.229 e. The van der Waals surface area contributed by atoms with Crippen LogP contribution < -0.4 is 25.6 Å². The fourth-order valence-electron chi connectivity index (χ4n) is 4.73. The van der Waals surface area contributed by atoms with Gasteiger partial charge in [-0.2, -0.15) is 4.98 Å². The monoisotopic (exact) mass is 528 g/mol. The SMILES string of the molecule is C=C/C=C(Nc1nc(Nc2ccc(N3CCC4(CNC4)C3)cc2OC)ncc1Cl)\C(=C/C)P(C)(C)=O. The predicted molar refractivity (Wildman–Crippen MR) is 151 cm³/mol. The third-order valence-electron chi connectivity index (χ3n) is 6.65. The highest BCUT2D eigenvalue weighted by Gasteiger charge is 2.43. The highest BCUT2D eigenvalue weighted by atomic mass is 35.5. The van der Waals surface area contributed by atoms with Crippen LogP contribution in [0.5, 0.6) is 5.75 Å². The summed E-state index contributed by atoms with van der Waals surface area (Å²) in [6.07, 6.45) is 7.94. The summed E-state index contributed by atoms with van der Waals surface area (Å²) in [5, 5.41) is 10.9. The molecule has 36 heavy (non-hydrogen) atoms. The number of hydrogen-bond acceptors (Lipinski definition) is 8. The molecule has 1 aromatic carbocycles. The highest BCUT2D eigenvalue weighted by Crippen LogP contribution is 2.50. The fourth-order valence-corrected chi connectivity index (χ4v) is 6.20. The Kier molecular flexibility index (Phi) is 7.79. The number of hydrogen-bond donors (Lipinski definition) is 3. The van der Waals surface area contributed by atoms with Gasteiger partial charge >= 0.3 is 0 Å². The molecule has 0 aliphatic carbocycles. The summed E-state index contributed by atoms with van der Waals surface area (Å²) >= 11 is 6.41. The average Bonchev–Trinajstić information content (AvgIpc) is 3.28. The molecule has 2 aromatic rings. The van der Waals surface area contributed by atoms with Crippen LogP contribution in [0.15, 0.2) is 60.2 Å². The van der Waals surface area contributed by atoms with Gasteiger partial charge in [0.05, 0.1) is 24.7 Å². The predicted octanol–water partition coefficient (Wildman–Crippen LogP) is 5.69. The summed E-state index contributed by atoms with van der Waals surface area (Å²) in [5.41, 5.74) is 2.93. The first-order valence-electron chi connectivity index (χ1n) is 11.9. The molecule has 2 aliphatic heterocycles. The Labute approximate surface area is 218 Å². The standard InChI is InChI=1S/C26H34ClN6O2P/c1-6-8-21(23(7-2)36(4,5)34)30-24-19(27)14-29-25(32-24)31-20-10-9-18(13-22(20)35-3)33-12-11-26(17-33)15-28-16-26/h6-10,13-14,28H,1,11-12,15-17H2,2-5H3,(H2,29,30,31,32)/b21-8+,23-7+. The Balaban J connectivity index is 1.55. The molecule has 0 unspecified atom stereocenters. The van der Waals surface area contributed by atoms with Gasteiger partial charge in [-0.25, -0.2) is 4.98 Å². The van der Waals surface area contributed by atoms with Gasteiger partial charge in [-0.1, -0.05) is 30.3 Å². The zero-order valence-corrected chi connectivity index (χ0v) is 22.9. The van der Waals surface area contributed by atoms with E-state index in [1.807, 2.05) is 25.1 Å². The summed E-state index contributed by atoms with van der Waals surface area (Å²) in [5.74, 6) is 1.45. The lowest BCUT2D eigenvalue weighted by molar-refractivity contribution is 0.200. The van der Waals surface area contributed by atoms with Crippen LogP contribution in [0, 0.1) is 5.41 Å². The van der Waals surface area contributed by atoms with Gasteiger partial charge in [-0.3, -0.25) is 0 Å². The van der Waals surface area contributed by atoms with Crippen molar-refractivity contribution in [3.05, 3.63) is 65.2 Å². The molecule has 2 aliphatic rings. The van der Waals surface area contributed by atoms with E-state index in [0.29, 0.717) is 39.0 Å². The Morgan fingerprint density at radius 2 is 2.14 bits per heavy atom. The van der Waals surface area contributed by atoms with E-state index in [1.54, 1.807) is 32.6 Å². The van der Waals surface area contributed by atoms with Crippen molar-refractivity contribution in [1.29, 1.82) is 0 Å². The van der Waals surface area contributed by atoms with Crippen LogP contribution in [0.25, 0.3) is 0 Å². The van der Waals surface area contributed by atoms with Crippen LogP contribution in [-0.4, -0.2) is 56.6 Å². The third kappa shape index (κ3) is 5.61. The van der Waals surface area contributed by atoms with E-state index < -0.39 is 7.14 Å². The number of nitrogens with zero attached hydrogens (tertiary/aromatic N) is 3. The van der Waals surface area contributed by atoms with Crippen molar-refractivity contribution in [2.24, 2.45) is 5.41 Å². The van der Waals surface area contributed by atoms with Gasteiger partial charge in [-0.15, -0.1) is 0 Å². The molecule has 0 atom stereocenters. The largest absolute Gasteiger partial charge is 0.494 e. The summed E-state index contributed by atoms with van der Waals surface area (Å²) in [7, 11) is -0.903. The number of ether oxygens (including phenoxy) is 1. The second-order valence-corrected chi connectivity index (χ2v) is 13.2. The van der Waals surface area contributed by atoms with Crippen molar-refractivity contribution < 1.29 is 9.30 Å². The lowest BCUT2D eigenvalue weighted by Crippen LogP contribution is -2.54. The minimum atomic E-state index is -2.56. The zero-order chi connectivity index (χ0) is 25.9. The van der Waals surface area contributed by atoms with E-state index in [-0.39, 0.29) is 0 Å². The van der Waals surface area contributed by atoms with Gasteiger partial charge in [0.2, 0.25) is 5.95 Å². The first-order chi connectivity index (χ1) is 17.2. The molecule has 0 saturated carbocycles. The zero-order valence-electron chi connectivity index (χ0n) is 21.3. The molecule has 8 nitrogen and oxygen atoms in total. The van der Waals surface area contributed by atoms with Gasteiger partial charge in [0.15, 0.2) is 5.82 Å². The van der Waals surface area contributed by atoms with Crippen molar-refractivity contribution in [3.63, 3.8) is 0 Å². The van der Waals surface area contributed by atoms with Crippen molar-refractivity contribution >= 4 is 41.9 Å². The van der Waals surface area contributed by atoms with Gasteiger partial charge in [-0.05, 0) is 44.9 Å². The second kappa shape index (κ2) is 10.7. The summed E-state index contributed by atoms with van der Waals surface area (Å²) < 4.78 is 18.5. The molecule has 1 aromatic heterocycles. The molecule has 0 bridgehead atoms. The van der Waals surface area contributed by atoms with Crippen molar-refractivity contribution in [1.82, 2.24) is 15.3 Å². The topological polar surface area (TPSA) is 91.4 Å². The molecule has 2 fully saturated rings. The number of rotatable bonds is 9. The molecule has 192 valence electrons. The van der Waals surface area contributed by atoms with Crippen molar-refractivity contribution in [2.45, 2.75) is 13.3 Å². The number of methoxy groups -OCH3 is 1. The number of benzene rings is 1. The molecule has 0 radical (unpaired) electrons. The number of anilines is 4. The molecule has 10 heteroatoms. The highest BCUT2D eigenvalue weighted by molar-refractivity contribution is 7.67. The van der Waals surface area contributed by atoms with Crippen LogP contribution in [-0.2, 0) is 4.57 Å². The molecule has 3 heterocycles. The summed E-state index contributed by atoms with van der Waals surface area (Å²) in [6, 6.07) is 6.12. The van der Waals surface area contributed by atoms with E-state index in [2.05, 4.69) is 43.5 Å². The Bertz CT molecular complexity index is 1250. The second-order valence-electron chi connectivity index (χ2n) is 9.64. The summed E-state index contributed by atoms with van der Waals surface area (Å²) in [4.78, 5) is 11.3. The number of allylic oxidation sites excluding steroid dienone is 4. The van der Waals surface area contributed by atoms with Crippen molar-refractivity contribution in [2.75, 3.05) is 62.2 Å². The number of nitrogens with one attached hydrogen (secondary N) is 3. The van der Waals surface area contributed by atoms with E-state index in [1.165, 1.54) is 12.6 Å². The van der Waals surface area contributed by atoms with Crippen LogP contribution in [0.1, 0.15) is 13.3 Å². The van der Waals surface area contributed by atoms with Gasteiger partial charge < -0.3 is 30.2 Å². The minimum absolute atomic E-state index is 0.337. The van der Waals surface area contributed by atoms with Crippen LogP contribution in [0.2, 0.25) is 5.02 Å². The van der Waals surface area contributed by atoms with Gasteiger partial charge in [0.1, 0.15) is 17.9 Å². The molecule has 3 N–H and O–H groups in total. The maximum absolute atomic E-state index is 12.8. The average molecular weight is 529 g/mol. The maximum Gasteiger partial charge on any atom is 0.229 e. The maximum atomic E-state index is 12.8. The van der Waals surface area contributed by atoms with Gasteiger partial charge in [0, 0.05) is 48.7 Å². The molecule has 4 rings (SSSR count). The molecular formula is C26H34ClN6O2P. The molecular weight excluding hydrogens is 495 g/mol. The van der Waals surface area contributed by atoms with Crippen LogP contribution in [0.4, 0.5) is 23.1 Å². The van der Waals surface area contributed by atoms with Gasteiger partial charge in [0.25, 0.3) is 0 Å². The lowest BCUT2D eigenvalue weighted by Gasteiger charge is -2.39. The summed E-state index contributed by atoms with van der Waals surface area (Å²) in [6.45, 7) is 13.4. The minimum Gasteiger partial charge on any atom is -0.494 e. The fraction of sp³-hybridized carbons (Fsp3) is 0.385. The Morgan fingerprint density at radius 3 is 2.72 bits per heavy atom. The quantitative estimate of drug-likeness (QED) is 0.282. The third-order valence-corrected chi connectivity index (χ3v) is 8.58. The Morgan fingerprint density at radius 1 is 1.36 bits per heavy atom.